The van der Waals surface area contributed by atoms with Crippen LogP contribution in [0.5, 0.6) is 0 Å². The third kappa shape index (κ3) is 1.63. The van der Waals surface area contributed by atoms with Gasteiger partial charge in [-0.15, -0.1) is 11.3 Å². The first kappa shape index (κ1) is 12.2. The number of anilines is 1. The van der Waals surface area contributed by atoms with Crippen LogP contribution in [-0.2, 0) is 11.8 Å². The first-order chi connectivity index (χ1) is 8.40. The van der Waals surface area contributed by atoms with Crippen molar-refractivity contribution in [3.05, 3.63) is 16.8 Å². The molecule has 3 rings (SSSR count). The number of fused-ring (bicyclic) bond motifs is 3. The van der Waals surface area contributed by atoms with E-state index in [1.54, 1.807) is 11.3 Å². The van der Waals surface area contributed by atoms with Crippen LogP contribution >= 0.6 is 19.3 Å². The standard InChI is InChI=1S/C11H14BN4PS/c1-11(2)4-7-6(5-14-16(7)17(3)12)8-9(11)18-10(13)15-8/h5H,4H2,1-3H3,(H2,13,15). The molecule has 7 heteroatoms. The molecular formula is C11H14BN4PS. The molecule has 0 aromatic carbocycles. The molecule has 1 atom stereocenters. The second-order valence-corrected chi connectivity index (χ2v) is 7.82. The Hall–Kier alpha value is -0.865. The number of thiazole rings is 1. The fourth-order valence-corrected chi connectivity index (χ4v) is 4.20. The molecule has 1 unspecified atom stereocenters. The summed E-state index contributed by atoms with van der Waals surface area (Å²) in [4.78, 5) is 5.72. The lowest BCUT2D eigenvalue weighted by Crippen LogP contribution is -2.25. The minimum absolute atomic E-state index is 0.0424. The summed E-state index contributed by atoms with van der Waals surface area (Å²) in [6, 6.07) is 0. The molecule has 0 fully saturated rings. The van der Waals surface area contributed by atoms with Gasteiger partial charge in [-0.05, 0) is 14.6 Å². The molecule has 2 heterocycles. The van der Waals surface area contributed by atoms with E-state index in [1.165, 1.54) is 10.6 Å². The summed E-state index contributed by atoms with van der Waals surface area (Å²) < 4.78 is 1.95. The predicted octanol–water partition coefficient (Wildman–Crippen LogP) is 2.38. The highest BCUT2D eigenvalue weighted by molar-refractivity contribution is 7.80. The summed E-state index contributed by atoms with van der Waals surface area (Å²) in [7, 11) is 5.27. The average Bonchev–Trinajstić information content (AvgIpc) is 2.80. The van der Waals surface area contributed by atoms with Gasteiger partial charge in [-0.2, -0.15) is 5.10 Å². The zero-order valence-corrected chi connectivity index (χ0v) is 12.3. The first-order valence-electron chi connectivity index (χ1n) is 5.73. The van der Waals surface area contributed by atoms with Crippen LogP contribution in [0.1, 0.15) is 24.4 Å². The lowest BCUT2D eigenvalue weighted by Gasteiger charge is -2.29. The van der Waals surface area contributed by atoms with Gasteiger partial charge in [0.05, 0.1) is 17.6 Å². The molecule has 2 radical (unpaired) electrons. The Balaban J connectivity index is 2.26. The van der Waals surface area contributed by atoms with Gasteiger partial charge >= 0.3 is 0 Å². The van der Waals surface area contributed by atoms with Gasteiger partial charge in [-0.1, -0.05) is 13.8 Å². The number of hydrogen-bond donors (Lipinski definition) is 1. The van der Waals surface area contributed by atoms with E-state index in [1.807, 2.05) is 17.3 Å². The summed E-state index contributed by atoms with van der Waals surface area (Å²) in [6.45, 7) is 6.44. The maximum Gasteiger partial charge on any atom is 0.180 e. The van der Waals surface area contributed by atoms with Gasteiger partial charge in [0.25, 0.3) is 0 Å². The van der Waals surface area contributed by atoms with E-state index in [-0.39, 0.29) is 5.41 Å². The maximum absolute atomic E-state index is 6.02. The molecule has 2 N–H and O–H groups in total. The monoisotopic (exact) mass is 276 g/mol. The van der Waals surface area contributed by atoms with E-state index in [9.17, 15) is 0 Å². The third-order valence-corrected chi connectivity index (χ3v) is 5.46. The molecule has 2 aromatic heterocycles. The molecule has 0 aliphatic heterocycles. The Bertz CT molecular complexity index is 617. The van der Waals surface area contributed by atoms with Crippen molar-refractivity contribution in [3.8, 4) is 11.3 Å². The van der Waals surface area contributed by atoms with Crippen molar-refractivity contribution in [2.75, 3.05) is 12.4 Å². The molecule has 18 heavy (non-hydrogen) atoms. The molecule has 1 aliphatic carbocycles. The lowest BCUT2D eigenvalue weighted by atomic mass is 9.79. The normalized spacial score (nSPS) is 18.2. The van der Waals surface area contributed by atoms with E-state index < -0.39 is 7.95 Å². The highest BCUT2D eigenvalue weighted by atomic mass is 32.1. The summed E-state index contributed by atoms with van der Waals surface area (Å²) >= 11 is 1.58. The van der Waals surface area contributed by atoms with Crippen molar-refractivity contribution in [2.24, 2.45) is 0 Å². The van der Waals surface area contributed by atoms with Crippen molar-refractivity contribution in [1.82, 2.24) is 14.5 Å². The highest BCUT2D eigenvalue weighted by Crippen LogP contribution is 2.48. The smallest absolute Gasteiger partial charge is 0.180 e. The molecule has 4 nitrogen and oxygen atoms in total. The van der Waals surface area contributed by atoms with Crippen LogP contribution in [0.15, 0.2) is 6.20 Å². The number of nitrogen functional groups attached to an aromatic ring is 1. The fourth-order valence-electron chi connectivity index (χ4n) is 2.48. The number of nitrogens with zero attached hydrogens (tertiary/aromatic N) is 3. The molecule has 0 amide bonds. The van der Waals surface area contributed by atoms with Crippen LogP contribution < -0.4 is 5.73 Å². The van der Waals surface area contributed by atoms with Crippen molar-refractivity contribution >= 4 is 32.0 Å². The lowest BCUT2D eigenvalue weighted by molar-refractivity contribution is 0.516. The van der Waals surface area contributed by atoms with Crippen molar-refractivity contribution in [2.45, 2.75) is 25.7 Å². The van der Waals surface area contributed by atoms with Gasteiger partial charge in [0.15, 0.2) is 5.13 Å². The van der Waals surface area contributed by atoms with Crippen LogP contribution in [0.4, 0.5) is 5.13 Å². The molecule has 0 spiro atoms. The molecule has 0 saturated heterocycles. The van der Waals surface area contributed by atoms with Gasteiger partial charge < -0.3 is 5.73 Å². The van der Waals surface area contributed by atoms with Crippen molar-refractivity contribution in [1.29, 1.82) is 0 Å². The summed E-state index contributed by atoms with van der Waals surface area (Å²) in [5.74, 6) is 0. The molecule has 2 aromatic rings. The Labute approximate surface area is 113 Å². The van der Waals surface area contributed by atoms with E-state index in [2.05, 4.69) is 23.9 Å². The second kappa shape index (κ2) is 3.81. The van der Waals surface area contributed by atoms with E-state index in [0.717, 1.165) is 17.7 Å². The third-order valence-electron chi connectivity index (χ3n) is 3.27. The number of nitrogens with two attached hydrogens (primary N) is 1. The minimum atomic E-state index is -0.747. The largest absolute Gasteiger partial charge is 0.375 e. The highest BCUT2D eigenvalue weighted by Gasteiger charge is 2.36. The van der Waals surface area contributed by atoms with Gasteiger partial charge in [0, 0.05) is 22.3 Å². The molecular weight excluding hydrogens is 262 g/mol. The Kier molecular flexibility index (Phi) is 2.58. The molecule has 0 saturated carbocycles. The first-order valence-corrected chi connectivity index (χ1v) is 8.35. The van der Waals surface area contributed by atoms with Crippen LogP contribution in [0, 0.1) is 0 Å². The average molecular weight is 276 g/mol. The van der Waals surface area contributed by atoms with Crippen LogP contribution in [0.2, 0.25) is 0 Å². The molecule has 0 bridgehead atoms. The van der Waals surface area contributed by atoms with Crippen LogP contribution in [0.25, 0.3) is 11.3 Å². The number of rotatable bonds is 1. The number of hydrogen-bond acceptors (Lipinski definition) is 4. The van der Waals surface area contributed by atoms with Crippen molar-refractivity contribution < 1.29 is 0 Å². The topological polar surface area (TPSA) is 56.7 Å². The van der Waals surface area contributed by atoms with Gasteiger partial charge in [-0.3, -0.25) is 4.45 Å². The van der Waals surface area contributed by atoms with E-state index >= 15 is 0 Å². The summed E-state index contributed by atoms with van der Waals surface area (Å²) in [6.07, 6.45) is 2.80. The zero-order valence-electron chi connectivity index (χ0n) is 10.6. The SMILES string of the molecule is [B]P(C)n1ncc2c1CC(C)(C)c1sc(N)nc1-2. The quantitative estimate of drug-likeness (QED) is 0.642. The van der Waals surface area contributed by atoms with Crippen LogP contribution in [-0.4, -0.2) is 28.8 Å². The van der Waals surface area contributed by atoms with Gasteiger partial charge in [-0.25, -0.2) is 4.98 Å². The number of aromatic nitrogens is 3. The maximum atomic E-state index is 6.02. The van der Waals surface area contributed by atoms with Gasteiger partial charge in [0.1, 0.15) is 7.57 Å². The Morgan fingerprint density at radius 1 is 1.56 bits per heavy atom. The molecule has 92 valence electrons. The summed E-state index contributed by atoms with van der Waals surface area (Å²) in [5, 5.41) is 5.04. The summed E-state index contributed by atoms with van der Waals surface area (Å²) in [5.41, 5.74) is 9.18. The van der Waals surface area contributed by atoms with Gasteiger partial charge in [0.2, 0.25) is 0 Å². The second-order valence-electron chi connectivity index (χ2n) is 5.26. The minimum Gasteiger partial charge on any atom is -0.375 e. The predicted molar refractivity (Wildman–Crippen MR) is 78.5 cm³/mol. The fraction of sp³-hybridized carbons (Fsp3) is 0.455. The van der Waals surface area contributed by atoms with Crippen molar-refractivity contribution in [3.63, 3.8) is 0 Å². The van der Waals surface area contributed by atoms with E-state index in [0.29, 0.717) is 5.13 Å². The van der Waals surface area contributed by atoms with Crippen LogP contribution in [0.3, 0.4) is 0 Å². The Morgan fingerprint density at radius 2 is 2.28 bits per heavy atom. The van der Waals surface area contributed by atoms with E-state index in [4.69, 9.17) is 13.3 Å². The zero-order chi connectivity index (χ0) is 13.1. The Morgan fingerprint density at radius 3 is 2.94 bits per heavy atom. The molecule has 1 aliphatic rings.